The minimum absolute atomic E-state index is 1.30. The van der Waals surface area contributed by atoms with Gasteiger partial charge in [-0.3, -0.25) is 0 Å². The molecule has 0 aromatic carbocycles. The normalized spacial score (nSPS) is 11.3. The maximum atomic E-state index is 2.20. The van der Waals surface area contributed by atoms with E-state index in [-0.39, 0.29) is 0 Å². The van der Waals surface area contributed by atoms with E-state index in [1.54, 1.807) is 9.80 Å². The van der Waals surface area contributed by atoms with Gasteiger partial charge in [0, 0.05) is 6.42 Å². The van der Waals surface area contributed by atoms with Crippen molar-refractivity contribution in [1.82, 2.24) is 0 Å². The topological polar surface area (TPSA) is 8.88 Å². The highest BCUT2D eigenvalue weighted by Gasteiger charge is 1.95. The zero-order chi connectivity index (χ0) is 7.28. The Labute approximate surface area is 58.4 Å². The summed E-state index contributed by atoms with van der Waals surface area (Å²) < 4.78 is 0. The molecule has 0 aromatic heterocycles. The SMILES string of the molecule is C[NH+](C)CCC[NH+](C)C. The van der Waals surface area contributed by atoms with Crippen molar-refractivity contribution in [2.24, 2.45) is 0 Å². The van der Waals surface area contributed by atoms with E-state index in [1.165, 1.54) is 19.5 Å². The van der Waals surface area contributed by atoms with Gasteiger partial charge in [0.2, 0.25) is 0 Å². The molecule has 0 heterocycles. The van der Waals surface area contributed by atoms with Crippen molar-refractivity contribution < 1.29 is 9.80 Å². The fourth-order valence-electron chi connectivity index (χ4n) is 0.795. The Morgan fingerprint density at radius 1 is 0.778 bits per heavy atom. The van der Waals surface area contributed by atoms with Crippen molar-refractivity contribution in [3.05, 3.63) is 0 Å². The fourth-order valence-corrected chi connectivity index (χ4v) is 0.795. The molecule has 0 fully saturated rings. The summed E-state index contributed by atoms with van der Waals surface area (Å²) in [6.07, 6.45) is 1.34. The van der Waals surface area contributed by atoms with E-state index in [0.717, 1.165) is 0 Å². The maximum absolute atomic E-state index is 2.20. The second-order valence-corrected chi connectivity index (χ2v) is 3.27. The van der Waals surface area contributed by atoms with Crippen LogP contribution in [-0.2, 0) is 0 Å². The molecule has 9 heavy (non-hydrogen) atoms. The van der Waals surface area contributed by atoms with Crippen LogP contribution in [0, 0.1) is 0 Å². The first-order chi connectivity index (χ1) is 4.13. The average Bonchev–Trinajstić information content (AvgIpc) is 1.63. The van der Waals surface area contributed by atoms with Gasteiger partial charge in [-0.15, -0.1) is 0 Å². The summed E-state index contributed by atoms with van der Waals surface area (Å²) in [5.74, 6) is 0. The van der Waals surface area contributed by atoms with E-state index in [9.17, 15) is 0 Å². The summed E-state index contributed by atoms with van der Waals surface area (Å²) in [5.41, 5.74) is 0. The van der Waals surface area contributed by atoms with Gasteiger partial charge in [0.25, 0.3) is 0 Å². The highest BCUT2D eigenvalue weighted by atomic mass is 15.1. The highest BCUT2D eigenvalue weighted by Crippen LogP contribution is 1.59. The van der Waals surface area contributed by atoms with Gasteiger partial charge in [-0.1, -0.05) is 0 Å². The van der Waals surface area contributed by atoms with Crippen molar-refractivity contribution in [1.29, 1.82) is 0 Å². The van der Waals surface area contributed by atoms with E-state index in [2.05, 4.69) is 28.2 Å². The van der Waals surface area contributed by atoms with Crippen LogP contribution in [0.5, 0.6) is 0 Å². The minimum atomic E-state index is 1.30. The molecule has 0 unspecified atom stereocenters. The molecule has 0 aromatic rings. The molecule has 0 rings (SSSR count). The molecule has 0 amide bonds. The van der Waals surface area contributed by atoms with Crippen LogP contribution in [-0.4, -0.2) is 41.3 Å². The van der Waals surface area contributed by atoms with Crippen LogP contribution in [0.4, 0.5) is 0 Å². The number of hydrogen-bond acceptors (Lipinski definition) is 0. The van der Waals surface area contributed by atoms with E-state index in [4.69, 9.17) is 0 Å². The van der Waals surface area contributed by atoms with Gasteiger partial charge in [0.05, 0.1) is 41.3 Å². The molecular formula is C7H20N2+2. The zero-order valence-electron chi connectivity index (χ0n) is 7.12. The lowest BCUT2D eigenvalue weighted by Crippen LogP contribution is -3.09. The van der Waals surface area contributed by atoms with Gasteiger partial charge in [-0.05, 0) is 0 Å². The van der Waals surface area contributed by atoms with E-state index in [1.807, 2.05) is 0 Å². The summed E-state index contributed by atoms with van der Waals surface area (Å²) in [7, 11) is 8.80. The van der Waals surface area contributed by atoms with Crippen LogP contribution in [0.25, 0.3) is 0 Å². The number of quaternary nitrogens is 2. The third-order valence-corrected chi connectivity index (χ3v) is 1.35. The van der Waals surface area contributed by atoms with Crippen LogP contribution >= 0.6 is 0 Å². The standard InChI is InChI=1S/C7H18N2/c1-8(2)6-5-7-9(3)4/h5-7H2,1-4H3/p+2. The Morgan fingerprint density at radius 3 is 1.33 bits per heavy atom. The third-order valence-electron chi connectivity index (χ3n) is 1.35. The van der Waals surface area contributed by atoms with Gasteiger partial charge in [0.15, 0.2) is 0 Å². The largest absolute Gasteiger partial charge is 0.340 e. The monoisotopic (exact) mass is 132 g/mol. The molecular weight excluding hydrogens is 112 g/mol. The van der Waals surface area contributed by atoms with E-state index in [0.29, 0.717) is 0 Å². The smallest absolute Gasteiger partial charge is 0.0821 e. The lowest BCUT2D eigenvalue weighted by atomic mass is 10.4. The van der Waals surface area contributed by atoms with Crippen molar-refractivity contribution in [3.8, 4) is 0 Å². The zero-order valence-corrected chi connectivity index (χ0v) is 7.12. The predicted molar refractivity (Wildman–Crippen MR) is 40.0 cm³/mol. The molecule has 0 aliphatic heterocycles. The number of rotatable bonds is 4. The first-order valence-corrected chi connectivity index (χ1v) is 3.71. The molecule has 0 radical (unpaired) electrons. The second kappa shape index (κ2) is 4.77. The molecule has 0 saturated heterocycles. The molecule has 0 atom stereocenters. The summed E-state index contributed by atoms with van der Waals surface area (Å²) in [6, 6.07) is 0. The van der Waals surface area contributed by atoms with Gasteiger partial charge in [-0.25, -0.2) is 0 Å². The van der Waals surface area contributed by atoms with Crippen LogP contribution in [0.15, 0.2) is 0 Å². The Bertz CT molecular complexity index is 51.9. The summed E-state index contributed by atoms with van der Waals surface area (Å²) in [4.78, 5) is 3.10. The average molecular weight is 132 g/mol. The lowest BCUT2D eigenvalue weighted by molar-refractivity contribution is -0.879. The second-order valence-electron chi connectivity index (χ2n) is 3.27. The molecule has 0 bridgehead atoms. The minimum Gasteiger partial charge on any atom is -0.340 e. The molecule has 0 saturated carbocycles. The van der Waals surface area contributed by atoms with E-state index >= 15 is 0 Å². The van der Waals surface area contributed by atoms with Gasteiger partial charge in [-0.2, -0.15) is 0 Å². The first kappa shape index (κ1) is 8.92. The van der Waals surface area contributed by atoms with E-state index < -0.39 is 0 Å². The van der Waals surface area contributed by atoms with Crippen LogP contribution in [0.2, 0.25) is 0 Å². The highest BCUT2D eigenvalue weighted by molar-refractivity contribution is 4.25. The van der Waals surface area contributed by atoms with Crippen molar-refractivity contribution in [3.63, 3.8) is 0 Å². The van der Waals surface area contributed by atoms with Crippen molar-refractivity contribution >= 4 is 0 Å². The Morgan fingerprint density at radius 2 is 1.11 bits per heavy atom. The number of hydrogen-bond donors (Lipinski definition) is 2. The number of nitrogens with one attached hydrogen (secondary N) is 2. The summed E-state index contributed by atoms with van der Waals surface area (Å²) in [5, 5.41) is 0. The van der Waals surface area contributed by atoms with Crippen LogP contribution in [0.1, 0.15) is 6.42 Å². The Hall–Kier alpha value is -0.0800. The quantitative estimate of drug-likeness (QED) is 0.424. The van der Waals surface area contributed by atoms with Crippen molar-refractivity contribution in [2.45, 2.75) is 6.42 Å². The summed E-state index contributed by atoms with van der Waals surface area (Å²) in [6.45, 7) is 2.59. The van der Waals surface area contributed by atoms with Crippen molar-refractivity contribution in [2.75, 3.05) is 41.3 Å². The Kier molecular flexibility index (Phi) is 4.72. The Balaban J connectivity index is 2.91. The maximum Gasteiger partial charge on any atom is 0.0821 e. The van der Waals surface area contributed by atoms with Gasteiger partial charge >= 0.3 is 0 Å². The van der Waals surface area contributed by atoms with Crippen LogP contribution < -0.4 is 9.80 Å². The molecule has 0 aliphatic carbocycles. The molecule has 56 valence electrons. The first-order valence-electron chi connectivity index (χ1n) is 3.71. The third kappa shape index (κ3) is 7.92. The fraction of sp³-hybridized carbons (Fsp3) is 1.00. The summed E-state index contributed by atoms with van der Waals surface area (Å²) >= 11 is 0. The lowest BCUT2D eigenvalue weighted by Gasteiger charge is -2.08. The molecule has 0 spiro atoms. The molecule has 0 aliphatic rings. The molecule has 2 N–H and O–H groups in total. The van der Waals surface area contributed by atoms with Gasteiger partial charge < -0.3 is 9.80 Å². The van der Waals surface area contributed by atoms with Crippen LogP contribution in [0.3, 0.4) is 0 Å². The molecule has 2 nitrogen and oxygen atoms in total. The molecule has 2 heteroatoms. The van der Waals surface area contributed by atoms with Gasteiger partial charge in [0.1, 0.15) is 0 Å². The predicted octanol–water partition coefficient (Wildman–Crippen LogP) is -2.33.